The first kappa shape index (κ1) is 15.3. The minimum atomic E-state index is -1.04. The quantitative estimate of drug-likeness (QED) is 0.921. The van der Waals surface area contributed by atoms with Crippen molar-refractivity contribution in [3.63, 3.8) is 0 Å². The number of ether oxygens (including phenoxy) is 1. The lowest BCUT2D eigenvalue weighted by Crippen LogP contribution is -2.53. The molecule has 0 aromatic heterocycles. The van der Waals surface area contributed by atoms with Crippen LogP contribution in [0.25, 0.3) is 0 Å². The van der Waals surface area contributed by atoms with E-state index in [0.717, 1.165) is 5.56 Å². The normalized spacial score (nSPS) is 18.4. The number of carboxylic acids is 1. The number of carbonyl (C=O) groups excluding carboxylic acids is 1. The van der Waals surface area contributed by atoms with Crippen molar-refractivity contribution in [2.24, 2.45) is 0 Å². The molecule has 1 aromatic rings. The summed E-state index contributed by atoms with van der Waals surface area (Å²) in [6.07, 6.45) is 0. The second kappa shape index (κ2) is 6.58. The van der Waals surface area contributed by atoms with Crippen LogP contribution in [0.3, 0.4) is 0 Å². The number of hydrogen-bond donors (Lipinski definition) is 1. The predicted molar refractivity (Wildman–Crippen MR) is 78.5 cm³/mol. The molecule has 0 saturated carbocycles. The van der Waals surface area contributed by atoms with Crippen molar-refractivity contribution in [3.8, 4) is 0 Å². The van der Waals surface area contributed by atoms with Gasteiger partial charge in [-0.3, -0.25) is 9.69 Å². The van der Waals surface area contributed by atoms with Gasteiger partial charge in [-0.15, -0.1) is 0 Å². The highest BCUT2D eigenvalue weighted by molar-refractivity contribution is 5.96. The third-order valence-electron chi connectivity index (χ3n) is 3.48. The molecule has 2 amide bonds. The number of anilines is 1. The van der Waals surface area contributed by atoms with Gasteiger partial charge in [0.25, 0.3) is 0 Å². The zero-order chi connectivity index (χ0) is 15.4. The van der Waals surface area contributed by atoms with E-state index in [9.17, 15) is 9.59 Å². The van der Waals surface area contributed by atoms with Crippen LogP contribution in [0, 0.1) is 6.92 Å². The van der Waals surface area contributed by atoms with E-state index in [0.29, 0.717) is 25.4 Å². The number of aliphatic carboxylic acids is 1. The van der Waals surface area contributed by atoms with Crippen LogP contribution in [0.15, 0.2) is 24.3 Å². The first-order valence-electron chi connectivity index (χ1n) is 6.93. The van der Waals surface area contributed by atoms with E-state index in [1.807, 2.05) is 26.0 Å². The Balaban J connectivity index is 2.24. The van der Waals surface area contributed by atoms with Gasteiger partial charge in [-0.25, -0.2) is 4.79 Å². The standard InChI is InChI=1S/C15H20N2O4/c1-11-3-5-13(6-4-11)17(9-14(18)19)15(20)16-7-8-21-10-12(16)2/h3-6,12H,7-10H2,1-2H3,(H,18,19). The minimum Gasteiger partial charge on any atom is -0.480 e. The summed E-state index contributed by atoms with van der Waals surface area (Å²) in [5.41, 5.74) is 1.65. The van der Waals surface area contributed by atoms with Crippen LogP contribution in [0.4, 0.5) is 10.5 Å². The summed E-state index contributed by atoms with van der Waals surface area (Å²) in [5.74, 6) is -1.04. The highest BCUT2D eigenvalue weighted by atomic mass is 16.5. The molecule has 1 atom stereocenters. The second-order valence-corrected chi connectivity index (χ2v) is 5.22. The van der Waals surface area contributed by atoms with Crippen molar-refractivity contribution in [1.29, 1.82) is 0 Å². The number of hydrogen-bond acceptors (Lipinski definition) is 3. The molecule has 21 heavy (non-hydrogen) atoms. The molecule has 0 aliphatic carbocycles. The first-order chi connectivity index (χ1) is 9.99. The summed E-state index contributed by atoms with van der Waals surface area (Å²) < 4.78 is 5.32. The van der Waals surface area contributed by atoms with Gasteiger partial charge in [0.15, 0.2) is 0 Å². The topological polar surface area (TPSA) is 70.1 Å². The van der Waals surface area contributed by atoms with Crippen LogP contribution >= 0.6 is 0 Å². The molecule has 114 valence electrons. The van der Waals surface area contributed by atoms with E-state index in [1.165, 1.54) is 4.90 Å². The van der Waals surface area contributed by atoms with Gasteiger partial charge < -0.3 is 14.7 Å². The average Bonchev–Trinajstić information content (AvgIpc) is 2.45. The number of benzene rings is 1. The van der Waals surface area contributed by atoms with Gasteiger partial charge in [0.2, 0.25) is 0 Å². The van der Waals surface area contributed by atoms with Gasteiger partial charge >= 0.3 is 12.0 Å². The van der Waals surface area contributed by atoms with Crippen molar-refractivity contribution in [2.45, 2.75) is 19.9 Å². The van der Waals surface area contributed by atoms with E-state index in [4.69, 9.17) is 9.84 Å². The molecule has 1 N–H and O–H groups in total. The van der Waals surface area contributed by atoms with E-state index in [2.05, 4.69) is 0 Å². The lowest BCUT2D eigenvalue weighted by atomic mass is 10.2. The molecular formula is C15H20N2O4. The largest absolute Gasteiger partial charge is 0.480 e. The van der Waals surface area contributed by atoms with E-state index < -0.39 is 5.97 Å². The molecule has 1 unspecified atom stereocenters. The molecular weight excluding hydrogens is 272 g/mol. The highest BCUT2D eigenvalue weighted by Gasteiger charge is 2.29. The Kier molecular flexibility index (Phi) is 4.80. The number of aryl methyl sites for hydroxylation is 1. The zero-order valence-corrected chi connectivity index (χ0v) is 12.3. The Labute approximate surface area is 123 Å². The van der Waals surface area contributed by atoms with Crippen molar-refractivity contribution in [3.05, 3.63) is 29.8 Å². The zero-order valence-electron chi connectivity index (χ0n) is 12.3. The van der Waals surface area contributed by atoms with Crippen LogP contribution < -0.4 is 4.90 Å². The highest BCUT2D eigenvalue weighted by Crippen LogP contribution is 2.19. The minimum absolute atomic E-state index is 0.0620. The van der Waals surface area contributed by atoms with Gasteiger partial charge in [0.05, 0.1) is 19.3 Å². The van der Waals surface area contributed by atoms with Crippen molar-refractivity contribution >= 4 is 17.7 Å². The van der Waals surface area contributed by atoms with Gasteiger partial charge in [-0.1, -0.05) is 17.7 Å². The average molecular weight is 292 g/mol. The van der Waals surface area contributed by atoms with Crippen molar-refractivity contribution < 1.29 is 19.4 Å². The Morgan fingerprint density at radius 1 is 1.38 bits per heavy atom. The molecule has 0 radical (unpaired) electrons. The molecule has 6 heteroatoms. The van der Waals surface area contributed by atoms with Crippen LogP contribution in [0.1, 0.15) is 12.5 Å². The maximum atomic E-state index is 12.7. The third-order valence-corrected chi connectivity index (χ3v) is 3.48. The summed E-state index contributed by atoms with van der Waals surface area (Å²) in [6, 6.07) is 6.90. The van der Waals surface area contributed by atoms with Gasteiger partial charge in [0, 0.05) is 12.2 Å². The third kappa shape index (κ3) is 3.72. The maximum Gasteiger partial charge on any atom is 0.325 e. The fraction of sp³-hybridized carbons (Fsp3) is 0.467. The maximum absolute atomic E-state index is 12.7. The Morgan fingerprint density at radius 3 is 2.62 bits per heavy atom. The molecule has 1 fully saturated rings. The summed E-state index contributed by atoms with van der Waals surface area (Å²) in [4.78, 5) is 26.7. The molecule has 1 aliphatic rings. The molecule has 1 heterocycles. The number of carbonyl (C=O) groups is 2. The number of nitrogens with zero attached hydrogens (tertiary/aromatic N) is 2. The van der Waals surface area contributed by atoms with Crippen LogP contribution in [-0.4, -0.2) is 54.4 Å². The molecule has 1 aliphatic heterocycles. The number of morpholine rings is 1. The second-order valence-electron chi connectivity index (χ2n) is 5.22. The lowest BCUT2D eigenvalue weighted by molar-refractivity contribution is -0.135. The number of urea groups is 1. The summed E-state index contributed by atoms with van der Waals surface area (Å²) in [7, 11) is 0. The molecule has 6 nitrogen and oxygen atoms in total. The summed E-state index contributed by atoms with van der Waals surface area (Å²) >= 11 is 0. The van der Waals surface area contributed by atoms with Crippen LogP contribution in [0.5, 0.6) is 0 Å². The van der Waals surface area contributed by atoms with Crippen LogP contribution in [-0.2, 0) is 9.53 Å². The first-order valence-corrected chi connectivity index (χ1v) is 6.93. The fourth-order valence-corrected chi connectivity index (χ4v) is 2.30. The smallest absolute Gasteiger partial charge is 0.325 e. The van der Waals surface area contributed by atoms with Gasteiger partial charge in [-0.05, 0) is 26.0 Å². The van der Waals surface area contributed by atoms with Crippen molar-refractivity contribution in [1.82, 2.24) is 4.90 Å². The Morgan fingerprint density at radius 2 is 2.05 bits per heavy atom. The molecule has 2 rings (SSSR count). The molecule has 0 bridgehead atoms. The Bertz CT molecular complexity index is 515. The number of rotatable bonds is 3. The van der Waals surface area contributed by atoms with Crippen LogP contribution in [0.2, 0.25) is 0 Å². The SMILES string of the molecule is Cc1ccc(N(CC(=O)O)C(=O)N2CCOCC2C)cc1. The van der Waals surface area contributed by atoms with E-state index in [-0.39, 0.29) is 18.6 Å². The predicted octanol–water partition coefficient (Wildman–Crippen LogP) is 1.73. The van der Waals surface area contributed by atoms with E-state index in [1.54, 1.807) is 17.0 Å². The number of carboxylic acid groups (broad SMARTS) is 1. The Hall–Kier alpha value is -2.08. The lowest BCUT2D eigenvalue weighted by Gasteiger charge is -2.36. The molecule has 1 aromatic carbocycles. The summed E-state index contributed by atoms with van der Waals surface area (Å²) in [6.45, 7) is 4.90. The van der Waals surface area contributed by atoms with Gasteiger partial charge in [-0.2, -0.15) is 0 Å². The van der Waals surface area contributed by atoms with Gasteiger partial charge in [0.1, 0.15) is 6.54 Å². The van der Waals surface area contributed by atoms with E-state index >= 15 is 0 Å². The van der Waals surface area contributed by atoms with Crippen molar-refractivity contribution in [2.75, 3.05) is 31.2 Å². The fourth-order valence-electron chi connectivity index (χ4n) is 2.30. The summed E-state index contributed by atoms with van der Waals surface area (Å²) in [5, 5.41) is 9.08. The molecule has 0 spiro atoms. The number of amides is 2. The molecule has 1 saturated heterocycles. The monoisotopic (exact) mass is 292 g/mol.